The average Bonchev–Trinajstić information content (AvgIpc) is 2.11. The number of halogens is 3. The standard InChI is InChI=1S/C9H9Br3N2O/c1-13-4-8(15)14-9-6(11)2-5(10)3-7(9)12/h2-3,13H,4H2,1H3,(H,14,15). The van der Waals surface area contributed by atoms with E-state index in [2.05, 4.69) is 58.4 Å². The first kappa shape index (κ1) is 13.2. The van der Waals surface area contributed by atoms with Crippen LogP contribution in [0.4, 0.5) is 5.69 Å². The summed E-state index contributed by atoms with van der Waals surface area (Å²) in [6, 6.07) is 3.75. The van der Waals surface area contributed by atoms with Crippen molar-refractivity contribution in [1.29, 1.82) is 0 Å². The Morgan fingerprint density at radius 3 is 2.27 bits per heavy atom. The van der Waals surface area contributed by atoms with E-state index in [9.17, 15) is 4.79 Å². The van der Waals surface area contributed by atoms with E-state index in [-0.39, 0.29) is 12.5 Å². The summed E-state index contributed by atoms with van der Waals surface area (Å²) < 4.78 is 2.59. The molecule has 0 unspecified atom stereocenters. The second kappa shape index (κ2) is 5.98. The third-order valence-electron chi connectivity index (χ3n) is 1.61. The molecule has 0 saturated carbocycles. The maximum absolute atomic E-state index is 11.4. The molecule has 0 aliphatic carbocycles. The molecule has 1 rings (SSSR count). The molecule has 0 spiro atoms. The molecule has 0 saturated heterocycles. The number of carbonyl (C=O) groups is 1. The Labute approximate surface area is 113 Å². The zero-order chi connectivity index (χ0) is 11.4. The van der Waals surface area contributed by atoms with Crippen molar-refractivity contribution in [2.24, 2.45) is 0 Å². The van der Waals surface area contributed by atoms with Gasteiger partial charge >= 0.3 is 0 Å². The van der Waals surface area contributed by atoms with E-state index >= 15 is 0 Å². The highest BCUT2D eigenvalue weighted by Gasteiger charge is 2.09. The molecule has 1 aromatic carbocycles. The van der Waals surface area contributed by atoms with Crippen LogP contribution in [-0.4, -0.2) is 19.5 Å². The van der Waals surface area contributed by atoms with Crippen molar-refractivity contribution in [1.82, 2.24) is 5.32 Å². The maximum Gasteiger partial charge on any atom is 0.238 e. The van der Waals surface area contributed by atoms with Crippen LogP contribution in [0.15, 0.2) is 25.6 Å². The van der Waals surface area contributed by atoms with E-state index < -0.39 is 0 Å². The second-order valence-electron chi connectivity index (χ2n) is 2.82. The number of amides is 1. The topological polar surface area (TPSA) is 41.1 Å². The van der Waals surface area contributed by atoms with E-state index in [0.717, 1.165) is 19.1 Å². The number of rotatable bonds is 3. The largest absolute Gasteiger partial charge is 0.323 e. The van der Waals surface area contributed by atoms with Gasteiger partial charge in [0.05, 0.1) is 12.2 Å². The summed E-state index contributed by atoms with van der Waals surface area (Å²) in [4.78, 5) is 11.4. The smallest absolute Gasteiger partial charge is 0.238 e. The molecule has 3 nitrogen and oxygen atoms in total. The fourth-order valence-corrected chi connectivity index (χ4v) is 3.46. The molecule has 0 aromatic heterocycles. The van der Waals surface area contributed by atoms with Crippen LogP contribution < -0.4 is 10.6 Å². The van der Waals surface area contributed by atoms with Crippen molar-refractivity contribution in [3.8, 4) is 0 Å². The Morgan fingerprint density at radius 1 is 1.27 bits per heavy atom. The van der Waals surface area contributed by atoms with Crippen LogP contribution in [0.1, 0.15) is 0 Å². The minimum atomic E-state index is -0.0822. The Balaban J connectivity index is 2.90. The molecule has 0 bridgehead atoms. The van der Waals surface area contributed by atoms with Crippen LogP contribution in [0.2, 0.25) is 0 Å². The number of carbonyl (C=O) groups excluding carboxylic acids is 1. The molecule has 82 valence electrons. The lowest BCUT2D eigenvalue weighted by Gasteiger charge is -2.09. The number of likely N-dealkylation sites (N-methyl/N-ethyl adjacent to an activating group) is 1. The predicted octanol–water partition coefficient (Wildman–Crippen LogP) is 3.13. The molecular formula is C9H9Br3N2O. The molecule has 15 heavy (non-hydrogen) atoms. The van der Waals surface area contributed by atoms with Crippen molar-refractivity contribution < 1.29 is 4.79 Å². The van der Waals surface area contributed by atoms with Crippen molar-refractivity contribution in [2.45, 2.75) is 0 Å². The van der Waals surface area contributed by atoms with Gasteiger partial charge in [-0.2, -0.15) is 0 Å². The average molecular weight is 401 g/mol. The first-order chi connectivity index (χ1) is 7.04. The third kappa shape index (κ3) is 3.86. The quantitative estimate of drug-likeness (QED) is 0.818. The van der Waals surface area contributed by atoms with Crippen LogP contribution in [-0.2, 0) is 4.79 Å². The predicted molar refractivity (Wildman–Crippen MR) is 72.1 cm³/mol. The lowest BCUT2D eigenvalue weighted by atomic mass is 10.3. The van der Waals surface area contributed by atoms with E-state index in [1.807, 2.05) is 12.1 Å². The number of hydrogen-bond donors (Lipinski definition) is 2. The third-order valence-corrected chi connectivity index (χ3v) is 3.32. The molecule has 0 aliphatic heterocycles. The molecule has 1 amide bonds. The van der Waals surface area contributed by atoms with Gasteiger partial charge in [0.25, 0.3) is 0 Å². The van der Waals surface area contributed by atoms with Crippen molar-refractivity contribution in [3.63, 3.8) is 0 Å². The summed E-state index contributed by atoms with van der Waals surface area (Å²) in [6.07, 6.45) is 0. The van der Waals surface area contributed by atoms with Gasteiger partial charge in [0.15, 0.2) is 0 Å². The van der Waals surface area contributed by atoms with Crippen LogP contribution in [0, 0.1) is 0 Å². The van der Waals surface area contributed by atoms with Gasteiger partial charge in [-0.25, -0.2) is 0 Å². The summed E-state index contributed by atoms with van der Waals surface area (Å²) in [5.74, 6) is -0.0822. The fraction of sp³-hybridized carbons (Fsp3) is 0.222. The molecule has 2 N–H and O–H groups in total. The maximum atomic E-state index is 11.4. The summed E-state index contributed by atoms with van der Waals surface area (Å²) in [7, 11) is 1.73. The Bertz CT molecular complexity index is 359. The number of hydrogen-bond acceptors (Lipinski definition) is 2. The Morgan fingerprint density at radius 2 is 1.80 bits per heavy atom. The van der Waals surface area contributed by atoms with Crippen molar-refractivity contribution in [2.75, 3.05) is 18.9 Å². The lowest BCUT2D eigenvalue weighted by Crippen LogP contribution is -2.25. The summed E-state index contributed by atoms with van der Waals surface area (Å²) in [5.41, 5.74) is 0.735. The van der Waals surface area contributed by atoms with Crippen molar-refractivity contribution in [3.05, 3.63) is 25.6 Å². The summed E-state index contributed by atoms with van der Waals surface area (Å²) >= 11 is 10.1. The van der Waals surface area contributed by atoms with Gasteiger partial charge in [-0.1, -0.05) is 15.9 Å². The van der Waals surface area contributed by atoms with Gasteiger partial charge in [0.1, 0.15) is 0 Å². The van der Waals surface area contributed by atoms with Crippen molar-refractivity contribution >= 4 is 59.4 Å². The molecule has 0 atom stereocenters. The summed E-state index contributed by atoms with van der Waals surface area (Å²) in [5, 5.41) is 5.58. The molecule has 0 aliphatic rings. The van der Waals surface area contributed by atoms with E-state index in [1.54, 1.807) is 7.05 Å². The van der Waals surface area contributed by atoms with Gasteiger partial charge in [-0.3, -0.25) is 4.79 Å². The first-order valence-corrected chi connectivity index (χ1v) is 6.51. The van der Waals surface area contributed by atoms with Crippen LogP contribution in [0.5, 0.6) is 0 Å². The highest BCUT2D eigenvalue weighted by atomic mass is 79.9. The minimum absolute atomic E-state index is 0.0822. The minimum Gasteiger partial charge on any atom is -0.323 e. The van der Waals surface area contributed by atoms with Gasteiger partial charge in [-0.05, 0) is 51.0 Å². The van der Waals surface area contributed by atoms with Gasteiger partial charge < -0.3 is 10.6 Å². The normalized spacial score (nSPS) is 10.1. The van der Waals surface area contributed by atoms with Gasteiger partial charge in [0.2, 0.25) is 5.91 Å². The molecular weight excluding hydrogens is 392 g/mol. The molecule has 6 heteroatoms. The Kier molecular flexibility index (Phi) is 5.25. The number of nitrogens with one attached hydrogen (secondary N) is 2. The van der Waals surface area contributed by atoms with Gasteiger partial charge in [-0.15, -0.1) is 0 Å². The van der Waals surface area contributed by atoms with Crippen LogP contribution >= 0.6 is 47.8 Å². The number of anilines is 1. The second-order valence-corrected chi connectivity index (χ2v) is 5.45. The zero-order valence-electron chi connectivity index (χ0n) is 7.90. The molecule has 0 radical (unpaired) electrons. The SMILES string of the molecule is CNCC(=O)Nc1c(Br)cc(Br)cc1Br. The summed E-state index contributed by atoms with van der Waals surface area (Å²) in [6.45, 7) is 0.287. The zero-order valence-corrected chi connectivity index (χ0v) is 12.7. The highest BCUT2D eigenvalue weighted by molar-refractivity contribution is 9.11. The highest BCUT2D eigenvalue weighted by Crippen LogP contribution is 2.34. The molecule has 1 aromatic rings. The fourth-order valence-electron chi connectivity index (χ4n) is 1.01. The van der Waals surface area contributed by atoms with Crippen LogP contribution in [0.25, 0.3) is 0 Å². The van der Waals surface area contributed by atoms with Gasteiger partial charge in [0, 0.05) is 13.4 Å². The number of benzene rings is 1. The Hall–Kier alpha value is 0.0900. The molecule has 0 heterocycles. The molecule has 0 fully saturated rings. The monoisotopic (exact) mass is 398 g/mol. The van der Waals surface area contributed by atoms with E-state index in [4.69, 9.17) is 0 Å². The lowest BCUT2D eigenvalue weighted by molar-refractivity contribution is -0.115. The van der Waals surface area contributed by atoms with Crippen LogP contribution in [0.3, 0.4) is 0 Å². The van der Waals surface area contributed by atoms with E-state index in [0.29, 0.717) is 0 Å². The van der Waals surface area contributed by atoms with E-state index in [1.165, 1.54) is 0 Å². The first-order valence-electron chi connectivity index (χ1n) is 4.13.